The highest BCUT2D eigenvalue weighted by atomic mass is 16.1. The first-order valence-corrected chi connectivity index (χ1v) is 4.86. The first kappa shape index (κ1) is 12.7. The molecule has 82 valence electrons. The van der Waals surface area contributed by atoms with E-state index in [0.717, 1.165) is 6.54 Å². The molecule has 0 saturated heterocycles. The molecule has 0 fully saturated rings. The Hall–Kier alpha value is -1.26. The van der Waals surface area contributed by atoms with Crippen LogP contribution in [0.1, 0.15) is 20.8 Å². The number of amides is 1. The molecule has 0 aliphatic heterocycles. The van der Waals surface area contributed by atoms with Gasteiger partial charge in [-0.05, 0) is 12.8 Å². The maximum absolute atomic E-state index is 11.0. The van der Waals surface area contributed by atoms with Crippen molar-refractivity contribution < 1.29 is 4.79 Å². The lowest BCUT2D eigenvalue weighted by molar-refractivity contribution is -0.119. The molecule has 0 aromatic heterocycles. The Labute approximate surface area is 85.2 Å². The van der Waals surface area contributed by atoms with Gasteiger partial charge < -0.3 is 16.4 Å². The molecule has 0 aromatic carbocycles. The van der Waals surface area contributed by atoms with Crippen LogP contribution in [0.3, 0.4) is 0 Å². The lowest BCUT2D eigenvalue weighted by Gasteiger charge is -2.07. The summed E-state index contributed by atoms with van der Waals surface area (Å²) in [6.45, 7) is 7.49. The van der Waals surface area contributed by atoms with Crippen LogP contribution in [0.25, 0.3) is 0 Å². The van der Waals surface area contributed by atoms with Crippen molar-refractivity contribution in [3.63, 3.8) is 0 Å². The third-order valence-corrected chi connectivity index (χ3v) is 1.46. The number of aliphatic imine (C=N–C) groups is 1. The van der Waals surface area contributed by atoms with E-state index in [1.807, 2.05) is 6.92 Å². The second-order valence-electron chi connectivity index (χ2n) is 3.43. The van der Waals surface area contributed by atoms with Crippen LogP contribution in [0, 0.1) is 5.92 Å². The normalized spacial score (nSPS) is 11.6. The lowest BCUT2D eigenvalue weighted by Crippen LogP contribution is -2.35. The Bertz CT molecular complexity index is 201. The maximum atomic E-state index is 11.0. The van der Waals surface area contributed by atoms with Gasteiger partial charge in [0.25, 0.3) is 0 Å². The fraction of sp³-hybridized carbons (Fsp3) is 0.778. The fourth-order valence-corrected chi connectivity index (χ4v) is 0.775. The Kier molecular flexibility index (Phi) is 6.53. The van der Waals surface area contributed by atoms with Gasteiger partial charge in [0.15, 0.2) is 5.96 Å². The standard InChI is InChI=1S/C9H20N4O/c1-4-11-8(14)6-13-9(10)12-5-7(2)3/h7H,4-6H2,1-3H3,(H,11,14)(H3,10,12,13). The molecule has 0 radical (unpaired) electrons. The van der Waals surface area contributed by atoms with Gasteiger partial charge in [-0.3, -0.25) is 4.79 Å². The number of likely N-dealkylation sites (N-methyl/N-ethyl adjacent to an activating group) is 1. The highest BCUT2D eigenvalue weighted by Crippen LogP contribution is 1.85. The Balaban J connectivity index is 3.70. The number of nitrogens with one attached hydrogen (secondary N) is 2. The minimum absolute atomic E-state index is 0.0881. The smallest absolute Gasteiger partial charge is 0.241 e. The van der Waals surface area contributed by atoms with E-state index in [4.69, 9.17) is 5.73 Å². The van der Waals surface area contributed by atoms with Crippen molar-refractivity contribution in [2.24, 2.45) is 16.6 Å². The van der Waals surface area contributed by atoms with E-state index >= 15 is 0 Å². The predicted molar refractivity (Wildman–Crippen MR) is 58.0 cm³/mol. The summed E-state index contributed by atoms with van der Waals surface area (Å²) in [6, 6.07) is 0. The fourth-order valence-electron chi connectivity index (χ4n) is 0.775. The van der Waals surface area contributed by atoms with E-state index in [1.165, 1.54) is 0 Å². The van der Waals surface area contributed by atoms with Gasteiger partial charge in [-0.1, -0.05) is 13.8 Å². The zero-order valence-corrected chi connectivity index (χ0v) is 9.13. The zero-order chi connectivity index (χ0) is 11.0. The van der Waals surface area contributed by atoms with Crippen LogP contribution in [0.15, 0.2) is 4.99 Å². The van der Waals surface area contributed by atoms with Crippen LogP contribution in [0.5, 0.6) is 0 Å². The van der Waals surface area contributed by atoms with Gasteiger partial charge in [-0.25, -0.2) is 4.99 Å². The summed E-state index contributed by atoms with van der Waals surface area (Å²) in [5, 5.41) is 5.56. The second-order valence-corrected chi connectivity index (χ2v) is 3.43. The van der Waals surface area contributed by atoms with Gasteiger partial charge >= 0.3 is 0 Å². The lowest BCUT2D eigenvalue weighted by atomic mass is 10.2. The summed E-state index contributed by atoms with van der Waals surface area (Å²) in [5.74, 6) is 0.722. The van der Waals surface area contributed by atoms with Crippen LogP contribution >= 0.6 is 0 Å². The van der Waals surface area contributed by atoms with Crippen LogP contribution in [0.2, 0.25) is 0 Å². The summed E-state index contributed by atoms with van der Waals surface area (Å²) in [5.41, 5.74) is 5.53. The molecule has 4 N–H and O–H groups in total. The molecule has 5 nitrogen and oxygen atoms in total. The van der Waals surface area contributed by atoms with E-state index in [-0.39, 0.29) is 12.5 Å². The number of rotatable bonds is 5. The monoisotopic (exact) mass is 200 g/mol. The van der Waals surface area contributed by atoms with Crippen molar-refractivity contribution in [3.8, 4) is 0 Å². The van der Waals surface area contributed by atoms with E-state index in [1.54, 1.807) is 0 Å². The van der Waals surface area contributed by atoms with E-state index in [9.17, 15) is 4.79 Å². The van der Waals surface area contributed by atoms with Crippen molar-refractivity contribution in [3.05, 3.63) is 0 Å². The molecule has 0 unspecified atom stereocenters. The topological polar surface area (TPSA) is 79.5 Å². The molecule has 0 atom stereocenters. The molecular formula is C9H20N4O. The minimum atomic E-state index is -0.109. The molecule has 0 saturated carbocycles. The van der Waals surface area contributed by atoms with Gasteiger partial charge in [-0.15, -0.1) is 0 Å². The summed E-state index contributed by atoms with van der Waals surface area (Å²) < 4.78 is 0. The van der Waals surface area contributed by atoms with Crippen molar-refractivity contribution in [2.75, 3.05) is 19.6 Å². The summed E-state index contributed by atoms with van der Waals surface area (Å²) in [6.07, 6.45) is 0. The van der Waals surface area contributed by atoms with E-state index < -0.39 is 0 Å². The first-order chi connectivity index (χ1) is 6.56. The molecule has 0 aromatic rings. The molecule has 0 aliphatic carbocycles. The molecule has 1 amide bonds. The SMILES string of the molecule is CCNC(=O)CN=C(N)NCC(C)C. The summed E-state index contributed by atoms with van der Waals surface area (Å²) in [4.78, 5) is 14.9. The summed E-state index contributed by atoms with van der Waals surface area (Å²) in [7, 11) is 0. The first-order valence-electron chi connectivity index (χ1n) is 4.86. The van der Waals surface area contributed by atoms with Crippen molar-refractivity contribution in [2.45, 2.75) is 20.8 Å². The number of hydrogen-bond acceptors (Lipinski definition) is 2. The molecule has 0 aliphatic rings. The molecular weight excluding hydrogens is 180 g/mol. The summed E-state index contributed by atoms with van der Waals surface area (Å²) >= 11 is 0. The predicted octanol–water partition coefficient (Wildman–Crippen LogP) is -0.317. The van der Waals surface area contributed by atoms with Crippen molar-refractivity contribution in [1.29, 1.82) is 0 Å². The minimum Gasteiger partial charge on any atom is -0.370 e. The number of nitrogens with two attached hydrogens (primary N) is 1. The van der Waals surface area contributed by atoms with Crippen LogP contribution in [0.4, 0.5) is 0 Å². The molecule has 0 bridgehead atoms. The molecule has 5 heteroatoms. The quantitative estimate of drug-likeness (QED) is 0.420. The zero-order valence-electron chi connectivity index (χ0n) is 9.13. The van der Waals surface area contributed by atoms with E-state index in [2.05, 4.69) is 29.5 Å². The number of nitrogens with zero attached hydrogens (tertiary/aromatic N) is 1. The average molecular weight is 200 g/mol. The molecule has 0 spiro atoms. The largest absolute Gasteiger partial charge is 0.370 e. The number of carbonyl (C=O) groups excluding carboxylic acids is 1. The van der Waals surface area contributed by atoms with Gasteiger partial charge in [0, 0.05) is 13.1 Å². The molecule has 0 rings (SSSR count). The van der Waals surface area contributed by atoms with Crippen molar-refractivity contribution >= 4 is 11.9 Å². The Morgan fingerprint density at radius 2 is 2.07 bits per heavy atom. The highest BCUT2D eigenvalue weighted by Gasteiger charge is 1.98. The van der Waals surface area contributed by atoms with E-state index in [0.29, 0.717) is 18.4 Å². The number of carbonyl (C=O) groups is 1. The van der Waals surface area contributed by atoms with Crippen LogP contribution in [-0.4, -0.2) is 31.5 Å². The second kappa shape index (κ2) is 7.17. The Morgan fingerprint density at radius 3 is 2.57 bits per heavy atom. The van der Waals surface area contributed by atoms with Crippen LogP contribution < -0.4 is 16.4 Å². The van der Waals surface area contributed by atoms with Gasteiger partial charge in [0.05, 0.1) is 0 Å². The average Bonchev–Trinajstić information content (AvgIpc) is 2.12. The number of hydrogen-bond donors (Lipinski definition) is 3. The Morgan fingerprint density at radius 1 is 1.43 bits per heavy atom. The van der Waals surface area contributed by atoms with Gasteiger partial charge in [0.1, 0.15) is 6.54 Å². The molecule has 0 heterocycles. The third-order valence-electron chi connectivity index (χ3n) is 1.46. The third kappa shape index (κ3) is 7.39. The van der Waals surface area contributed by atoms with Gasteiger partial charge in [-0.2, -0.15) is 0 Å². The number of guanidine groups is 1. The van der Waals surface area contributed by atoms with Gasteiger partial charge in [0.2, 0.25) is 5.91 Å². The van der Waals surface area contributed by atoms with Crippen LogP contribution in [-0.2, 0) is 4.79 Å². The highest BCUT2D eigenvalue weighted by molar-refractivity contribution is 5.83. The molecule has 14 heavy (non-hydrogen) atoms. The van der Waals surface area contributed by atoms with Crippen molar-refractivity contribution in [1.82, 2.24) is 10.6 Å². The maximum Gasteiger partial charge on any atom is 0.241 e.